The zero-order valence-corrected chi connectivity index (χ0v) is 16.2. The van der Waals surface area contributed by atoms with Gasteiger partial charge in [0.1, 0.15) is 24.3 Å². The summed E-state index contributed by atoms with van der Waals surface area (Å²) in [6.07, 6.45) is -5.38. The lowest BCUT2D eigenvalue weighted by Gasteiger charge is -2.13. The van der Waals surface area contributed by atoms with Gasteiger partial charge in [-0.05, 0) is 53.1 Å². The van der Waals surface area contributed by atoms with Crippen molar-refractivity contribution < 1.29 is 28.1 Å². The smallest absolute Gasteiger partial charge is 0.416 e. The van der Waals surface area contributed by atoms with Gasteiger partial charge in [0, 0.05) is 0 Å². The lowest BCUT2D eigenvalue weighted by Crippen LogP contribution is -2.04. The molecule has 1 atom stereocenters. The number of alkyl halides is 3. The fourth-order valence-electron chi connectivity index (χ4n) is 3.34. The Morgan fingerprint density at radius 3 is 2.45 bits per heavy atom. The molecule has 1 aromatic heterocycles. The van der Waals surface area contributed by atoms with Crippen LogP contribution in [0.5, 0.6) is 5.75 Å². The van der Waals surface area contributed by atoms with Crippen LogP contribution in [0.1, 0.15) is 23.1 Å². The lowest BCUT2D eigenvalue weighted by atomic mass is 9.96. The van der Waals surface area contributed by atoms with Gasteiger partial charge in [-0.15, -0.1) is 0 Å². The summed E-state index contributed by atoms with van der Waals surface area (Å²) in [6, 6.07) is 17.3. The Labute approximate surface area is 175 Å². The van der Waals surface area contributed by atoms with E-state index in [1.54, 1.807) is 12.1 Å². The van der Waals surface area contributed by atoms with Crippen LogP contribution in [-0.4, -0.2) is 26.8 Å². The fraction of sp³-hybridized carbons (Fsp3) is 0.174. The topological polar surface area (TPSA) is 78.4 Å². The number of hydrogen-bond acceptors (Lipinski definition) is 4. The molecule has 5 nitrogen and oxygen atoms in total. The monoisotopic (exact) mass is 428 g/mol. The number of aromatic nitrogens is 2. The van der Waals surface area contributed by atoms with Crippen molar-refractivity contribution in [2.24, 2.45) is 0 Å². The number of ether oxygens (including phenoxy) is 1. The molecule has 0 saturated heterocycles. The van der Waals surface area contributed by atoms with Crippen LogP contribution in [-0.2, 0) is 12.8 Å². The van der Waals surface area contributed by atoms with Crippen LogP contribution in [0.4, 0.5) is 13.2 Å². The molecule has 0 radical (unpaired) electrons. The lowest BCUT2D eigenvalue weighted by molar-refractivity contribution is -0.137. The normalized spacial score (nSPS) is 12.8. The molecule has 0 aliphatic heterocycles. The van der Waals surface area contributed by atoms with Crippen LogP contribution in [0.15, 0.2) is 66.7 Å². The van der Waals surface area contributed by atoms with E-state index in [0.717, 1.165) is 28.8 Å². The molecule has 0 saturated carbocycles. The van der Waals surface area contributed by atoms with Gasteiger partial charge >= 0.3 is 6.18 Å². The van der Waals surface area contributed by atoms with Crippen LogP contribution < -0.4 is 4.74 Å². The Bertz CT molecular complexity index is 1190. The van der Waals surface area contributed by atoms with Crippen LogP contribution in [0.25, 0.3) is 22.2 Å². The molecular weight excluding hydrogens is 409 g/mol. The molecular formula is C23H19F3N2O3. The molecule has 0 fully saturated rings. The average Bonchev–Trinajstić information content (AvgIpc) is 3.19. The van der Waals surface area contributed by atoms with E-state index in [2.05, 4.69) is 9.97 Å². The van der Waals surface area contributed by atoms with Crippen molar-refractivity contribution in [2.75, 3.05) is 6.61 Å². The number of aliphatic hydroxyl groups is 2. The molecule has 0 aliphatic rings. The largest absolute Gasteiger partial charge is 0.486 e. The third kappa shape index (κ3) is 4.55. The van der Waals surface area contributed by atoms with E-state index < -0.39 is 17.8 Å². The highest BCUT2D eigenvalue weighted by molar-refractivity contribution is 5.83. The molecule has 0 bridgehead atoms. The second-order valence-electron chi connectivity index (χ2n) is 7.01. The van der Waals surface area contributed by atoms with Gasteiger partial charge < -0.3 is 19.9 Å². The van der Waals surface area contributed by atoms with Crippen LogP contribution in [0.3, 0.4) is 0 Å². The minimum absolute atomic E-state index is 0.0647. The third-order valence-corrected chi connectivity index (χ3v) is 4.89. The highest BCUT2D eigenvalue weighted by Crippen LogP contribution is 2.31. The average molecular weight is 428 g/mol. The summed E-state index contributed by atoms with van der Waals surface area (Å²) in [7, 11) is 0. The summed E-state index contributed by atoms with van der Waals surface area (Å²) in [4.78, 5) is 7.62. The highest BCUT2D eigenvalue weighted by Gasteiger charge is 2.30. The number of benzene rings is 3. The van der Waals surface area contributed by atoms with Gasteiger partial charge in [0.05, 0.1) is 23.2 Å². The third-order valence-electron chi connectivity index (χ3n) is 4.89. The molecule has 3 N–H and O–H groups in total. The number of aromatic amines is 1. The van der Waals surface area contributed by atoms with Gasteiger partial charge in [-0.1, -0.05) is 30.3 Å². The first kappa shape index (κ1) is 20.9. The van der Waals surface area contributed by atoms with Crippen molar-refractivity contribution in [3.63, 3.8) is 0 Å². The molecule has 1 heterocycles. The Hall–Kier alpha value is -3.36. The van der Waals surface area contributed by atoms with Gasteiger partial charge in [-0.3, -0.25) is 0 Å². The summed E-state index contributed by atoms with van der Waals surface area (Å²) in [5.41, 5.74) is 2.95. The first-order valence-electron chi connectivity index (χ1n) is 9.52. The van der Waals surface area contributed by atoms with Gasteiger partial charge in [-0.2, -0.15) is 13.2 Å². The number of H-pyrrole nitrogens is 1. The maximum Gasteiger partial charge on any atom is 0.416 e. The fourth-order valence-corrected chi connectivity index (χ4v) is 3.34. The number of nitrogens with zero attached hydrogens (tertiary/aromatic N) is 1. The minimum Gasteiger partial charge on any atom is -0.486 e. The van der Waals surface area contributed by atoms with Crippen LogP contribution >= 0.6 is 0 Å². The Kier molecular flexibility index (Phi) is 5.67. The second-order valence-corrected chi connectivity index (χ2v) is 7.01. The molecule has 8 heteroatoms. The SMILES string of the molecule is OCC(O)c1ccccc1-c1ccc2[nH]c(COc3ccc(C(F)(F)F)cc3)nc2c1. The van der Waals surface area contributed by atoms with E-state index >= 15 is 0 Å². The number of rotatable bonds is 6. The molecule has 4 rings (SSSR count). The van der Waals surface area contributed by atoms with E-state index in [-0.39, 0.29) is 13.2 Å². The molecule has 0 amide bonds. The summed E-state index contributed by atoms with van der Waals surface area (Å²) >= 11 is 0. The number of fused-ring (bicyclic) bond motifs is 1. The number of aliphatic hydroxyl groups excluding tert-OH is 2. The summed E-state index contributed by atoms with van der Waals surface area (Å²) < 4.78 is 43.5. The molecule has 3 aromatic carbocycles. The maximum atomic E-state index is 12.7. The van der Waals surface area contributed by atoms with E-state index in [1.807, 2.05) is 30.3 Å². The first-order valence-corrected chi connectivity index (χ1v) is 9.52. The standard InChI is InChI=1S/C23H19F3N2O3/c24-23(25,26)15-6-8-16(9-7-15)31-13-22-27-19-10-5-14(11-20(19)28-22)17-3-1-2-4-18(17)21(30)12-29/h1-11,21,29-30H,12-13H2,(H,27,28). The number of halogens is 3. The summed E-state index contributed by atoms with van der Waals surface area (Å²) in [5.74, 6) is 0.830. The second kappa shape index (κ2) is 8.41. The zero-order valence-electron chi connectivity index (χ0n) is 16.2. The quantitative estimate of drug-likeness (QED) is 0.410. The molecule has 160 valence electrons. The van der Waals surface area contributed by atoms with Crippen LogP contribution in [0.2, 0.25) is 0 Å². The molecule has 31 heavy (non-hydrogen) atoms. The van der Waals surface area contributed by atoms with Crippen molar-refractivity contribution in [1.29, 1.82) is 0 Å². The van der Waals surface area contributed by atoms with E-state index in [0.29, 0.717) is 22.7 Å². The van der Waals surface area contributed by atoms with Crippen molar-refractivity contribution in [3.8, 4) is 16.9 Å². The van der Waals surface area contributed by atoms with E-state index in [4.69, 9.17) is 4.74 Å². The van der Waals surface area contributed by atoms with Gasteiger partial charge in [0.2, 0.25) is 0 Å². The van der Waals surface area contributed by atoms with Crippen molar-refractivity contribution in [3.05, 3.63) is 83.7 Å². The van der Waals surface area contributed by atoms with Gasteiger partial charge in [0.25, 0.3) is 0 Å². The minimum atomic E-state index is -4.39. The van der Waals surface area contributed by atoms with E-state index in [1.165, 1.54) is 12.1 Å². The predicted molar refractivity (Wildman–Crippen MR) is 109 cm³/mol. The number of imidazole rings is 1. The van der Waals surface area contributed by atoms with Crippen LogP contribution in [0, 0.1) is 0 Å². The number of nitrogens with one attached hydrogen (secondary N) is 1. The predicted octanol–water partition coefficient (Wildman–Crippen LogP) is 4.85. The summed E-state index contributed by atoms with van der Waals surface area (Å²) in [5, 5.41) is 19.4. The summed E-state index contributed by atoms with van der Waals surface area (Å²) in [6.45, 7) is -0.317. The van der Waals surface area contributed by atoms with Crippen molar-refractivity contribution in [1.82, 2.24) is 9.97 Å². The molecule has 1 unspecified atom stereocenters. The van der Waals surface area contributed by atoms with Crippen molar-refractivity contribution >= 4 is 11.0 Å². The Morgan fingerprint density at radius 1 is 1.00 bits per heavy atom. The van der Waals surface area contributed by atoms with Crippen molar-refractivity contribution in [2.45, 2.75) is 18.9 Å². The Balaban J connectivity index is 1.54. The van der Waals surface area contributed by atoms with Gasteiger partial charge in [0.15, 0.2) is 0 Å². The highest BCUT2D eigenvalue weighted by atomic mass is 19.4. The van der Waals surface area contributed by atoms with Gasteiger partial charge in [-0.25, -0.2) is 4.98 Å². The zero-order chi connectivity index (χ0) is 22.0. The number of hydrogen-bond donors (Lipinski definition) is 3. The molecule has 0 spiro atoms. The maximum absolute atomic E-state index is 12.7. The molecule has 0 aliphatic carbocycles. The first-order chi connectivity index (χ1) is 14.8. The molecule has 4 aromatic rings. The Morgan fingerprint density at radius 2 is 1.74 bits per heavy atom. The van der Waals surface area contributed by atoms with E-state index in [9.17, 15) is 23.4 Å².